The van der Waals surface area contributed by atoms with E-state index in [2.05, 4.69) is 4.99 Å². The summed E-state index contributed by atoms with van der Waals surface area (Å²) in [5, 5.41) is 11.7. The fourth-order valence-electron chi connectivity index (χ4n) is 3.15. The molecule has 0 N–H and O–H groups in total. The Labute approximate surface area is 214 Å². The molecule has 0 radical (unpaired) electrons. The molecule has 0 fully saturated rings. The smallest absolute Gasteiger partial charge is 0.363 e. The Morgan fingerprint density at radius 3 is 2.43 bits per heavy atom. The minimum absolute atomic E-state index is 0.0165. The Morgan fingerprint density at radius 1 is 1.03 bits per heavy atom. The van der Waals surface area contributed by atoms with E-state index in [1.807, 2.05) is 0 Å². The third-order valence-electron chi connectivity index (χ3n) is 4.87. The molecule has 178 valence electrons. The van der Waals surface area contributed by atoms with Crippen LogP contribution in [0.2, 0.25) is 15.1 Å². The lowest BCUT2D eigenvalue weighted by atomic mass is 10.1. The molecule has 8 nitrogen and oxygen atoms in total. The van der Waals surface area contributed by atoms with E-state index in [9.17, 15) is 14.9 Å². The SMILES string of the molecule is COc1cc(/C=C2\N=C(c3ccc(Cl)c(Cl)c3)OC2=O)cc(Cl)c1OCc1ccc([N+](=O)[O-])cc1. The molecular weight excluding hydrogens is 519 g/mol. The fourth-order valence-corrected chi connectivity index (χ4v) is 3.72. The lowest BCUT2D eigenvalue weighted by Gasteiger charge is -2.13. The van der Waals surface area contributed by atoms with Gasteiger partial charge in [-0.05, 0) is 59.7 Å². The van der Waals surface area contributed by atoms with Gasteiger partial charge in [0.05, 0.1) is 27.1 Å². The zero-order valence-corrected chi connectivity index (χ0v) is 20.2. The summed E-state index contributed by atoms with van der Waals surface area (Å²) in [6.07, 6.45) is 1.50. The number of hydrogen-bond donors (Lipinski definition) is 0. The van der Waals surface area contributed by atoms with Crippen LogP contribution in [0.3, 0.4) is 0 Å². The van der Waals surface area contributed by atoms with Crippen molar-refractivity contribution in [1.29, 1.82) is 0 Å². The highest BCUT2D eigenvalue weighted by Gasteiger charge is 2.25. The molecule has 3 aromatic carbocycles. The molecular formula is C24H15Cl3N2O6. The highest BCUT2D eigenvalue weighted by Crippen LogP contribution is 2.38. The standard InChI is InChI=1S/C24H15Cl3N2O6/c1-33-21-10-14(8-19(27)22(21)34-12-13-2-5-16(6-3-13)29(31)32)9-20-24(30)35-23(28-20)15-4-7-17(25)18(26)11-15/h2-11H,12H2,1H3/b20-9-. The van der Waals surface area contributed by atoms with E-state index in [1.54, 1.807) is 42.5 Å². The van der Waals surface area contributed by atoms with Gasteiger partial charge in [0.1, 0.15) is 6.61 Å². The van der Waals surface area contributed by atoms with Gasteiger partial charge in [-0.1, -0.05) is 34.8 Å². The molecule has 1 heterocycles. The van der Waals surface area contributed by atoms with Gasteiger partial charge in [0.2, 0.25) is 5.90 Å². The average molecular weight is 534 g/mol. The summed E-state index contributed by atoms with van der Waals surface area (Å²) in [5.74, 6) is 0.0653. The van der Waals surface area contributed by atoms with Gasteiger partial charge in [-0.2, -0.15) is 0 Å². The van der Waals surface area contributed by atoms with E-state index in [4.69, 9.17) is 49.0 Å². The average Bonchev–Trinajstić information content (AvgIpc) is 3.20. The topological polar surface area (TPSA) is 100 Å². The number of ether oxygens (including phenoxy) is 3. The Morgan fingerprint density at radius 2 is 1.77 bits per heavy atom. The molecule has 0 unspecified atom stereocenters. The van der Waals surface area contributed by atoms with Crippen LogP contribution in [0.15, 0.2) is 65.3 Å². The number of rotatable bonds is 7. The minimum atomic E-state index is -0.639. The molecule has 0 saturated carbocycles. The van der Waals surface area contributed by atoms with Crippen LogP contribution in [-0.2, 0) is 16.1 Å². The summed E-state index contributed by atoms with van der Waals surface area (Å²) >= 11 is 18.4. The quantitative estimate of drug-likeness (QED) is 0.149. The van der Waals surface area contributed by atoms with Crippen molar-refractivity contribution in [3.63, 3.8) is 0 Å². The Kier molecular flexibility index (Phi) is 7.25. The first kappa shape index (κ1) is 24.5. The maximum absolute atomic E-state index is 12.4. The highest BCUT2D eigenvalue weighted by molar-refractivity contribution is 6.42. The number of aliphatic imine (C=N–C) groups is 1. The van der Waals surface area contributed by atoms with E-state index in [0.29, 0.717) is 32.5 Å². The first-order valence-electron chi connectivity index (χ1n) is 9.97. The maximum Gasteiger partial charge on any atom is 0.363 e. The Bertz CT molecular complexity index is 1390. The molecule has 3 aromatic rings. The van der Waals surface area contributed by atoms with Crippen molar-refractivity contribution in [3.8, 4) is 11.5 Å². The van der Waals surface area contributed by atoms with Crippen molar-refractivity contribution in [2.24, 2.45) is 4.99 Å². The van der Waals surface area contributed by atoms with Crippen LogP contribution in [0.25, 0.3) is 6.08 Å². The second-order valence-electron chi connectivity index (χ2n) is 7.21. The number of carbonyl (C=O) groups is 1. The van der Waals surface area contributed by atoms with Crippen LogP contribution in [-0.4, -0.2) is 23.9 Å². The predicted molar refractivity (Wildman–Crippen MR) is 133 cm³/mol. The molecule has 0 aromatic heterocycles. The summed E-state index contributed by atoms with van der Waals surface area (Å²) < 4.78 is 16.5. The molecule has 11 heteroatoms. The Hall–Kier alpha value is -3.59. The second-order valence-corrected chi connectivity index (χ2v) is 8.43. The number of cyclic esters (lactones) is 1. The number of carbonyl (C=O) groups excluding carboxylic acids is 1. The lowest BCUT2D eigenvalue weighted by molar-refractivity contribution is -0.384. The van der Waals surface area contributed by atoms with E-state index in [-0.39, 0.29) is 34.7 Å². The zero-order valence-electron chi connectivity index (χ0n) is 18.0. The molecule has 0 amide bonds. The fraction of sp³-hybridized carbons (Fsp3) is 0.0833. The first-order chi connectivity index (χ1) is 16.7. The van der Waals surface area contributed by atoms with Crippen LogP contribution >= 0.6 is 34.8 Å². The number of hydrogen-bond acceptors (Lipinski definition) is 7. The summed E-state index contributed by atoms with van der Waals surface area (Å²) in [6, 6.07) is 13.9. The maximum atomic E-state index is 12.4. The van der Waals surface area contributed by atoms with Gasteiger partial charge in [-0.25, -0.2) is 9.79 Å². The third-order valence-corrected chi connectivity index (χ3v) is 5.89. The summed E-state index contributed by atoms with van der Waals surface area (Å²) in [4.78, 5) is 26.9. The van der Waals surface area contributed by atoms with Crippen molar-refractivity contribution in [1.82, 2.24) is 0 Å². The van der Waals surface area contributed by atoms with Crippen LogP contribution in [0.5, 0.6) is 11.5 Å². The number of nitro groups is 1. The first-order valence-corrected chi connectivity index (χ1v) is 11.1. The molecule has 4 rings (SSSR count). The van der Waals surface area contributed by atoms with Gasteiger partial charge < -0.3 is 14.2 Å². The number of methoxy groups -OCH3 is 1. The molecule has 1 aliphatic rings. The van der Waals surface area contributed by atoms with Crippen LogP contribution in [0, 0.1) is 10.1 Å². The molecule has 35 heavy (non-hydrogen) atoms. The number of halogens is 3. The normalized spacial score (nSPS) is 14.0. The van der Waals surface area contributed by atoms with E-state index < -0.39 is 10.9 Å². The zero-order chi connectivity index (χ0) is 25.1. The van der Waals surface area contributed by atoms with Crippen LogP contribution < -0.4 is 9.47 Å². The van der Waals surface area contributed by atoms with Gasteiger partial charge in [0.25, 0.3) is 5.69 Å². The van der Waals surface area contributed by atoms with E-state index >= 15 is 0 Å². The molecule has 0 saturated heterocycles. The predicted octanol–water partition coefficient (Wildman–Crippen LogP) is 6.49. The van der Waals surface area contributed by atoms with E-state index in [0.717, 1.165) is 0 Å². The number of non-ortho nitro benzene ring substituents is 1. The number of nitro benzene ring substituents is 1. The van der Waals surface area contributed by atoms with Crippen molar-refractivity contribution in [2.75, 3.05) is 7.11 Å². The molecule has 0 aliphatic carbocycles. The van der Waals surface area contributed by atoms with Gasteiger partial charge >= 0.3 is 5.97 Å². The summed E-state index contributed by atoms with van der Waals surface area (Å²) in [7, 11) is 1.45. The number of nitrogens with zero attached hydrogens (tertiary/aromatic N) is 2. The number of benzene rings is 3. The Balaban J connectivity index is 1.56. The van der Waals surface area contributed by atoms with E-state index in [1.165, 1.54) is 25.3 Å². The van der Waals surface area contributed by atoms with Crippen molar-refractivity contribution < 1.29 is 23.9 Å². The van der Waals surface area contributed by atoms with Crippen molar-refractivity contribution >= 4 is 58.4 Å². The molecule has 0 bridgehead atoms. The number of esters is 1. The molecule has 1 aliphatic heterocycles. The van der Waals surface area contributed by atoms with Gasteiger partial charge in [-0.15, -0.1) is 0 Å². The monoisotopic (exact) mass is 532 g/mol. The van der Waals surface area contributed by atoms with Gasteiger partial charge in [0, 0.05) is 17.7 Å². The van der Waals surface area contributed by atoms with Gasteiger partial charge in [0.15, 0.2) is 17.2 Å². The molecule has 0 atom stereocenters. The largest absolute Gasteiger partial charge is 0.493 e. The van der Waals surface area contributed by atoms with Crippen LogP contribution in [0.4, 0.5) is 5.69 Å². The van der Waals surface area contributed by atoms with Gasteiger partial charge in [-0.3, -0.25) is 10.1 Å². The lowest BCUT2D eigenvalue weighted by Crippen LogP contribution is -2.05. The second kappa shape index (κ2) is 10.4. The summed E-state index contributed by atoms with van der Waals surface area (Å²) in [5.41, 5.74) is 1.78. The summed E-state index contributed by atoms with van der Waals surface area (Å²) in [6.45, 7) is 0.109. The van der Waals surface area contributed by atoms with Crippen molar-refractivity contribution in [3.05, 3.63) is 102 Å². The third kappa shape index (κ3) is 5.57. The highest BCUT2D eigenvalue weighted by atomic mass is 35.5. The van der Waals surface area contributed by atoms with Crippen molar-refractivity contribution in [2.45, 2.75) is 6.61 Å². The molecule has 0 spiro atoms. The minimum Gasteiger partial charge on any atom is -0.493 e. The van der Waals surface area contributed by atoms with Crippen LogP contribution in [0.1, 0.15) is 16.7 Å².